The quantitative estimate of drug-likeness (QED) is 0.744. The molecule has 0 saturated carbocycles. The molecular formula is C10H11N5O2. The minimum Gasteiger partial charge on any atom is -0.465 e. The SMILES string of the molecule is COC(=O)c1cccc(-n2nnnc2CN)c1. The van der Waals surface area contributed by atoms with E-state index in [1.165, 1.54) is 11.8 Å². The summed E-state index contributed by atoms with van der Waals surface area (Å²) in [4.78, 5) is 11.4. The average Bonchev–Trinajstić information content (AvgIpc) is 2.86. The molecule has 2 aromatic rings. The highest BCUT2D eigenvalue weighted by atomic mass is 16.5. The molecule has 0 amide bonds. The number of rotatable bonds is 3. The van der Waals surface area contributed by atoms with E-state index in [0.717, 1.165) is 0 Å². The van der Waals surface area contributed by atoms with Crippen molar-refractivity contribution in [2.45, 2.75) is 6.54 Å². The number of hydrogen-bond donors (Lipinski definition) is 1. The van der Waals surface area contributed by atoms with Crippen molar-refractivity contribution in [1.82, 2.24) is 20.2 Å². The summed E-state index contributed by atoms with van der Waals surface area (Å²) in [5.74, 6) is 0.112. The van der Waals surface area contributed by atoms with E-state index in [2.05, 4.69) is 20.3 Å². The van der Waals surface area contributed by atoms with Crippen LogP contribution in [-0.2, 0) is 11.3 Å². The third-order valence-corrected chi connectivity index (χ3v) is 2.23. The van der Waals surface area contributed by atoms with Crippen molar-refractivity contribution in [1.29, 1.82) is 0 Å². The van der Waals surface area contributed by atoms with Gasteiger partial charge in [0.15, 0.2) is 5.82 Å². The lowest BCUT2D eigenvalue weighted by molar-refractivity contribution is 0.0600. The Balaban J connectivity index is 2.43. The van der Waals surface area contributed by atoms with Crippen molar-refractivity contribution in [3.63, 3.8) is 0 Å². The Bertz CT molecular complexity index is 537. The summed E-state index contributed by atoms with van der Waals surface area (Å²) >= 11 is 0. The topological polar surface area (TPSA) is 95.9 Å². The summed E-state index contributed by atoms with van der Waals surface area (Å²) in [5.41, 5.74) is 6.60. The maximum Gasteiger partial charge on any atom is 0.337 e. The summed E-state index contributed by atoms with van der Waals surface area (Å²) in [5, 5.41) is 11.1. The highest BCUT2D eigenvalue weighted by molar-refractivity contribution is 5.89. The van der Waals surface area contributed by atoms with Gasteiger partial charge in [-0.3, -0.25) is 0 Å². The molecule has 2 rings (SSSR count). The normalized spacial score (nSPS) is 10.2. The minimum atomic E-state index is -0.408. The molecule has 0 aliphatic rings. The van der Waals surface area contributed by atoms with E-state index < -0.39 is 5.97 Å². The van der Waals surface area contributed by atoms with Crippen molar-refractivity contribution in [2.24, 2.45) is 5.73 Å². The van der Waals surface area contributed by atoms with E-state index in [4.69, 9.17) is 5.73 Å². The van der Waals surface area contributed by atoms with Crippen LogP contribution in [0.3, 0.4) is 0 Å². The maximum absolute atomic E-state index is 11.4. The van der Waals surface area contributed by atoms with Crippen LogP contribution in [0.15, 0.2) is 24.3 Å². The van der Waals surface area contributed by atoms with E-state index >= 15 is 0 Å². The first-order valence-corrected chi connectivity index (χ1v) is 4.92. The molecule has 2 N–H and O–H groups in total. The lowest BCUT2D eigenvalue weighted by atomic mass is 10.2. The molecule has 0 aliphatic heterocycles. The van der Waals surface area contributed by atoms with Crippen molar-refractivity contribution in [2.75, 3.05) is 7.11 Å². The fourth-order valence-electron chi connectivity index (χ4n) is 1.42. The first-order chi connectivity index (χ1) is 8.26. The van der Waals surface area contributed by atoms with Crippen LogP contribution in [-0.4, -0.2) is 33.3 Å². The molecular weight excluding hydrogens is 222 g/mol. The summed E-state index contributed by atoms with van der Waals surface area (Å²) in [6, 6.07) is 6.80. The smallest absolute Gasteiger partial charge is 0.337 e. The molecule has 1 heterocycles. The fourth-order valence-corrected chi connectivity index (χ4v) is 1.42. The van der Waals surface area contributed by atoms with Crippen LogP contribution < -0.4 is 5.73 Å². The number of aromatic nitrogens is 4. The second-order valence-corrected chi connectivity index (χ2v) is 3.25. The van der Waals surface area contributed by atoms with Gasteiger partial charge < -0.3 is 10.5 Å². The predicted octanol–water partition coefficient (Wildman–Crippen LogP) is -0.0924. The van der Waals surface area contributed by atoms with Gasteiger partial charge >= 0.3 is 5.97 Å². The Hall–Kier alpha value is -2.28. The lowest BCUT2D eigenvalue weighted by Gasteiger charge is -2.04. The van der Waals surface area contributed by atoms with Gasteiger partial charge in [-0.25, -0.2) is 4.79 Å². The molecule has 0 unspecified atom stereocenters. The van der Waals surface area contributed by atoms with Gasteiger partial charge in [-0.05, 0) is 28.6 Å². The van der Waals surface area contributed by atoms with Gasteiger partial charge in [0.2, 0.25) is 0 Å². The van der Waals surface area contributed by atoms with Gasteiger partial charge in [-0.1, -0.05) is 6.07 Å². The van der Waals surface area contributed by atoms with E-state index in [1.54, 1.807) is 24.3 Å². The number of nitrogens with two attached hydrogens (primary N) is 1. The van der Waals surface area contributed by atoms with Crippen molar-refractivity contribution >= 4 is 5.97 Å². The van der Waals surface area contributed by atoms with E-state index in [0.29, 0.717) is 17.1 Å². The monoisotopic (exact) mass is 233 g/mol. The molecule has 0 bridgehead atoms. The Labute approximate surface area is 97.2 Å². The fraction of sp³-hybridized carbons (Fsp3) is 0.200. The molecule has 88 valence electrons. The van der Waals surface area contributed by atoms with Crippen LogP contribution in [0.5, 0.6) is 0 Å². The summed E-state index contributed by atoms with van der Waals surface area (Å²) in [7, 11) is 1.33. The molecule has 0 fully saturated rings. The summed E-state index contributed by atoms with van der Waals surface area (Å²) < 4.78 is 6.12. The molecule has 7 nitrogen and oxygen atoms in total. The molecule has 1 aromatic carbocycles. The Morgan fingerprint density at radius 1 is 1.53 bits per heavy atom. The van der Waals surface area contributed by atoms with Crippen molar-refractivity contribution in [3.05, 3.63) is 35.7 Å². The van der Waals surface area contributed by atoms with E-state index in [-0.39, 0.29) is 6.54 Å². The first kappa shape index (κ1) is 11.2. The summed E-state index contributed by atoms with van der Waals surface area (Å²) in [6.07, 6.45) is 0. The van der Waals surface area contributed by atoms with Crippen molar-refractivity contribution in [3.8, 4) is 5.69 Å². The number of ether oxygens (including phenoxy) is 1. The zero-order valence-corrected chi connectivity index (χ0v) is 9.20. The number of carbonyl (C=O) groups excluding carboxylic acids is 1. The third-order valence-electron chi connectivity index (χ3n) is 2.23. The van der Waals surface area contributed by atoms with Crippen LogP contribution >= 0.6 is 0 Å². The highest BCUT2D eigenvalue weighted by Gasteiger charge is 2.10. The zero-order valence-electron chi connectivity index (χ0n) is 9.20. The van der Waals surface area contributed by atoms with Crippen LogP contribution in [0.4, 0.5) is 0 Å². The van der Waals surface area contributed by atoms with E-state index in [9.17, 15) is 4.79 Å². The molecule has 0 spiro atoms. The van der Waals surface area contributed by atoms with Gasteiger partial charge in [0.25, 0.3) is 0 Å². The van der Waals surface area contributed by atoms with Gasteiger partial charge in [0, 0.05) is 0 Å². The standard InChI is InChI=1S/C10H11N5O2/c1-17-10(16)7-3-2-4-8(5-7)15-9(6-11)12-13-14-15/h2-5H,6,11H2,1H3. The van der Waals surface area contributed by atoms with Crippen molar-refractivity contribution < 1.29 is 9.53 Å². The number of carbonyl (C=O) groups is 1. The Morgan fingerprint density at radius 2 is 2.35 bits per heavy atom. The molecule has 1 aromatic heterocycles. The third kappa shape index (κ3) is 2.13. The summed E-state index contributed by atoms with van der Waals surface area (Å²) in [6.45, 7) is 0.218. The minimum absolute atomic E-state index is 0.218. The maximum atomic E-state index is 11.4. The number of methoxy groups -OCH3 is 1. The van der Waals surface area contributed by atoms with Gasteiger partial charge in [0.05, 0.1) is 24.9 Å². The Morgan fingerprint density at radius 3 is 3.06 bits per heavy atom. The van der Waals surface area contributed by atoms with E-state index in [1.807, 2.05) is 0 Å². The number of nitrogens with zero attached hydrogens (tertiary/aromatic N) is 4. The predicted molar refractivity (Wildman–Crippen MR) is 58.4 cm³/mol. The first-order valence-electron chi connectivity index (χ1n) is 4.92. The largest absolute Gasteiger partial charge is 0.465 e. The van der Waals surface area contributed by atoms with Gasteiger partial charge in [-0.15, -0.1) is 5.10 Å². The molecule has 0 radical (unpaired) electrons. The van der Waals surface area contributed by atoms with Crippen LogP contribution in [0.25, 0.3) is 5.69 Å². The number of hydrogen-bond acceptors (Lipinski definition) is 6. The average molecular weight is 233 g/mol. The molecule has 0 atom stereocenters. The molecule has 7 heteroatoms. The zero-order chi connectivity index (χ0) is 12.3. The number of esters is 1. The molecule has 0 aliphatic carbocycles. The molecule has 17 heavy (non-hydrogen) atoms. The number of tetrazole rings is 1. The van der Waals surface area contributed by atoms with Gasteiger partial charge in [0.1, 0.15) is 0 Å². The van der Waals surface area contributed by atoms with Gasteiger partial charge in [-0.2, -0.15) is 4.68 Å². The van der Waals surface area contributed by atoms with Crippen LogP contribution in [0, 0.1) is 0 Å². The second-order valence-electron chi connectivity index (χ2n) is 3.25. The number of benzene rings is 1. The lowest BCUT2D eigenvalue weighted by Crippen LogP contribution is -2.09. The highest BCUT2D eigenvalue weighted by Crippen LogP contribution is 2.11. The molecule has 0 saturated heterocycles. The Kier molecular flexibility index (Phi) is 3.10. The van der Waals surface area contributed by atoms with Crippen LogP contribution in [0.2, 0.25) is 0 Å². The van der Waals surface area contributed by atoms with Crippen LogP contribution in [0.1, 0.15) is 16.2 Å². The second kappa shape index (κ2) is 4.71.